The fourth-order valence-electron chi connectivity index (χ4n) is 7.26. The van der Waals surface area contributed by atoms with Gasteiger partial charge in [0.25, 0.3) is 0 Å². The van der Waals surface area contributed by atoms with Crippen LogP contribution in [0.3, 0.4) is 0 Å². The van der Waals surface area contributed by atoms with Gasteiger partial charge in [0.2, 0.25) is 5.89 Å². The van der Waals surface area contributed by atoms with Crippen LogP contribution in [0.15, 0.2) is 154 Å². The second kappa shape index (κ2) is 10.3. The zero-order valence-electron chi connectivity index (χ0n) is 25.9. The van der Waals surface area contributed by atoms with E-state index in [4.69, 9.17) is 13.8 Å². The van der Waals surface area contributed by atoms with E-state index < -0.39 is 0 Å². The number of para-hydroxylation sites is 1. The van der Waals surface area contributed by atoms with Crippen molar-refractivity contribution in [2.75, 3.05) is 4.90 Å². The zero-order chi connectivity index (χ0) is 32.1. The number of anilines is 3. The van der Waals surface area contributed by atoms with Gasteiger partial charge in [0, 0.05) is 69.4 Å². The summed E-state index contributed by atoms with van der Waals surface area (Å²) in [5, 5.41) is 7.02. The van der Waals surface area contributed by atoms with Crippen LogP contribution in [0.2, 0.25) is 0 Å². The van der Waals surface area contributed by atoms with Crippen molar-refractivity contribution in [1.82, 2.24) is 4.98 Å². The summed E-state index contributed by atoms with van der Waals surface area (Å²) in [5.41, 5.74) is 7.45. The number of hydrogen-bond acceptors (Lipinski definition) is 6. The molecule has 0 fully saturated rings. The zero-order valence-corrected chi connectivity index (χ0v) is 27.5. The molecule has 0 radical (unpaired) electrons. The summed E-state index contributed by atoms with van der Waals surface area (Å²) in [6.45, 7) is 0. The van der Waals surface area contributed by atoms with Gasteiger partial charge in [0.15, 0.2) is 5.58 Å². The third-order valence-corrected chi connectivity index (χ3v) is 11.8. The van der Waals surface area contributed by atoms with E-state index in [1.54, 1.807) is 11.3 Å². The van der Waals surface area contributed by atoms with Crippen LogP contribution in [-0.4, -0.2) is 4.98 Å². The number of rotatable bonds is 4. The smallest absolute Gasteiger partial charge is 0.227 e. The molecule has 0 spiro atoms. The summed E-state index contributed by atoms with van der Waals surface area (Å²) in [6, 6.07) is 51.2. The maximum Gasteiger partial charge on any atom is 0.227 e. The molecule has 0 saturated carbocycles. The average molecular weight is 665 g/mol. The lowest BCUT2D eigenvalue weighted by Crippen LogP contribution is -2.10. The van der Waals surface area contributed by atoms with Gasteiger partial charge in [-0.3, -0.25) is 0 Å². The summed E-state index contributed by atoms with van der Waals surface area (Å²) in [4.78, 5) is 7.47. The molecule has 4 aromatic heterocycles. The van der Waals surface area contributed by atoms with Crippen molar-refractivity contribution in [3.8, 4) is 11.5 Å². The highest BCUT2D eigenvalue weighted by Gasteiger charge is 2.25. The van der Waals surface area contributed by atoms with Crippen molar-refractivity contribution >= 4 is 113 Å². The fourth-order valence-corrected chi connectivity index (χ4v) is 9.61. The Hall–Kier alpha value is -5.95. The van der Waals surface area contributed by atoms with Gasteiger partial charge in [-0.1, -0.05) is 78.9 Å². The molecule has 0 unspecified atom stereocenters. The second-order valence-electron chi connectivity index (χ2n) is 12.3. The van der Waals surface area contributed by atoms with E-state index in [0.29, 0.717) is 5.89 Å². The first-order chi connectivity index (χ1) is 24.3. The fraction of sp³-hybridized carbons (Fsp3) is 0. The van der Waals surface area contributed by atoms with Gasteiger partial charge >= 0.3 is 0 Å². The van der Waals surface area contributed by atoms with Gasteiger partial charge in [0.05, 0.1) is 10.4 Å². The molecule has 0 atom stereocenters. The van der Waals surface area contributed by atoms with Crippen LogP contribution in [0.1, 0.15) is 0 Å². The summed E-state index contributed by atoms with van der Waals surface area (Å²) in [7, 11) is 0. The predicted octanol–water partition coefficient (Wildman–Crippen LogP) is 13.6. The Kier molecular flexibility index (Phi) is 5.67. The van der Waals surface area contributed by atoms with Crippen molar-refractivity contribution in [2.45, 2.75) is 0 Å². The van der Waals surface area contributed by atoms with Crippen LogP contribution >= 0.6 is 22.7 Å². The number of nitrogens with zero attached hydrogens (tertiary/aromatic N) is 2. The van der Waals surface area contributed by atoms with Gasteiger partial charge in [-0.25, -0.2) is 4.98 Å². The van der Waals surface area contributed by atoms with Crippen molar-refractivity contribution in [1.29, 1.82) is 0 Å². The molecule has 0 aliphatic rings. The molecule has 0 bridgehead atoms. The number of thiophene rings is 2. The monoisotopic (exact) mass is 664 g/mol. The molecule has 0 saturated heterocycles. The lowest BCUT2D eigenvalue weighted by atomic mass is 10.1. The molecule has 49 heavy (non-hydrogen) atoms. The van der Waals surface area contributed by atoms with E-state index in [9.17, 15) is 0 Å². The van der Waals surface area contributed by atoms with Crippen molar-refractivity contribution in [2.24, 2.45) is 0 Å². The van der Waals surface area contributed by atoms with E-state index in [-0.39, 0.29) is 0 Å². The number of furan rings is 1. The lowest BCUT2D eigenvalue weighted by Gasteiger charge is -2.26. The summed E-state index contributed by atoms with van der Waals surface area (Å²) in [5.74, 6) is 0.617. The first-order valence-electron chi connectivity index (χ1n) is 16.2. The highest BCUT2D eigenvalue weighted by Crippen LogP contribution is 2.50. The minimum absolute atomic E-state index is 0.617. The molecule has 230 valence electrons. The molecule has 4 nitrogen and oxygen atoms in total. The van der Waals surface area contributed by atoms with Crippen LogP contribution in [0.25, 0.3) is 84.8 Å². The van der Waals surface area contributed by atoms with Crippen LogP contribution in [-0.2, 0) is 0 Å². The van der Waals surface area contributed by atoms with E-state index in [1.807, 2.05) is 53.8 Å². The number of aromatic nitrogens is 1. The molecule has 0 aliphatic carbocycles. The highest BCUT2D eigenvalue weighted by molar-refractivity contribution is 7.26. The van der Waals surface area contributed by atoms with Gasteiger partial charge in [-0.15, -0.1) is 22.7 Å². The van der Waals surface area contributed by atoms with Gasteiger partial charge in [-0.05, 0) is 60.7 Å². The van der Waals surface area contributed by atoms with Gasteiger partial charge in [0.1, 0.15) is 16.7 Å². The topological polar surface area (TPSA) is 42.4 Å². The molecule has 6 heteroatoms. The van der Waals surface area contributed by atoms with Crippen molar-refractivity contribution < 1.29 is 8.83 Å². The highest BCUT2D eigenvalue weighted by atomic mass is 32.1. The first kappa shape index (κ1) is 27.0. The van der Waals surface area contributed by atoms with E-state index in [2.05, 4.69) is 108 Å². The second-order valence-corrected chi connectivity index (χ2v) is 14.5. The van der Waals surface area contributed by atoms with Crippen LogP contribution in [0.4, 0.5) is 17.1 Å². The quantitative estimate of drug-likeness (QED) is 0.188. The van der Waals surface area contributed by atoms with Crippen LogP contribution < -0.4 is 4.90 Å². The Morgan fingerprint density at radius 2 is 1.14 bits per heavy atom. The van der Waals surface area contributed by atoms with Crippen molar-refractivity contribution in [3.05, 3.63) is 146 Å². The minimum Gasteiger partial charge on any atom is -0.456 e. The van der Waals surface area contributed by atoms with Crippen molar-refractivity contribution in [3.63, 3.8) is 0 Å². The lowest BCUT2D eigenvalue weighted by molar-refractivity contribution is 0.623. The molecule has 0 aliphatic heterocycles. The average Bonchev–Trinajstić information content (AvgIpc) is 3.93. The predicted molar refractivity (Wildman–Crippen MR) is 207 cm³/mol. The number of fused-ring (bicyclic) bond motifs is 11. The molecule has 11 aromatic rings. The summed E-state index contributed by atoms with van der Waals surface area (Å²) >= 11 is 3.62. The van der Waals surface area contributed by atoms with Gasteiger partial charge < -0.3 is 13.7 Å². The third kappa shape index (κ3) is 4.05. The molecule has 7 aromatic carbocycles. The number of oxazole rings is 1. The number of hydrogen-bond donors (Lipinski definition) is 0. The largest absolute Gasteiger partial charge is 0.456 e. The molecule has 11 rings (SSSR count). The Balaban J connectivity index is 1.23. The van der Waals surface area contributed by atoms with E-state index in [0.717, 1.165) is 71.1 Å². The van der Waals surface area contributed by atoms with E-state index >= 15 is 0 Å². The Bertz CT molecular complexity index is 2960. The third-order valence-electron chi connectivity index (χ3n) is 9.48. The normalized spacial score (nSPS) is 12.1. The van der Waals surface area contributed by atoms with E-state index in [1.165, 1.54) is 24.9 Å². The SMILES string of the molecule is c1ccc(-c2nc3cc(N(c4ccc5c(c4)oc4ccccc45)c4ccc5c(c4)sc4ccccc45)c4sc5ccccc5c4c3o2)cc1. The van der Waals surface area contributed by atoms with Crippen LogP contribution in [0.5, 0.6) is 0 Å². The maximum absolute atomic E-state index is 6.63. The van der Waals surface area contributed by atoms with Gasteiger partial charge in [-0.2, -0.15) is 0 Å². The first-order valence-corrected chi connectivity index (χ1v) is 17.8. The van der Waals surface area contributed by atoms with Crippen LogP contribution in [0, 0.1) is 0 Å². The Labute approximate surface area is 287 Å². The summed E-state index contributed by atoms with van der Waals surface area (Å²) in [6.07, 6.45) is 0. The Morgan fingerprint density at radius 3 is 2.00 bits per heavy atom. The molecular weight excluding hydrogens is 641 g/mol. The molecular formula is C43H24N2O2S2. The molecule has 4 heterocycles. The summed E-state index contributed by atoms with van der Waals surface area (Å²) < 4.78 is 17.9. The Morgan fingerprint density at radius 1 is 0.490 bits per heavy atom. The minimum atomic E-state index is 0.617. The standard InChI is InChI=1S/C43H24N2O2S2/c1-2-10-25(11-3-1)43-44-33-24-34(42-40(41(33)47-43)32-14-6-9-17-38(32)49-42)45(26-18-20-29-28-12-4-7-15-35(28)46-36(29)22-26)27-19-21-31-30-13-5-8-16-37(30)48-39(31)23-27/h1-24H. The number of benzene rings is 7. The maximum atomic E-state index is 6.63. The molecule has 0 N–H and O–H groups in total. The molecule has 0 amide bonds.